The number of amides is 2. The quantitative estimate of drug-likeness (QED) is 0.903. The molecule has 0 unspecified atom stereocenters. The Hall–Kier alpha value is -1.59. The summed E-state index contributed by atoms with van der Waals surface area (Å²) >= 11 is 7.53. The standard InChI is InChI=1S/C14H13ClN2O2S/c15-10-3-5-11(6-4-10)16-14(18)17-7-9-20-13(17)12-2-1-8-19-12/h1-6,8,13H,7,9H2,(H,16,18)/t13-/m0/s1. The number of halogens is 1. The molecule has 1 saturated heterocycles. The van der Waals surface area contributed by atoms with Crippen molar-refractivity contribution in [3.05, 3.63) is 53.4 Å². The van der Waals surface area contributed by atoms with Gasteiger partial charge in [0.15, 0.2) is 0 Å². The second kappa shape index (κ2) is 5.81. The van der Waals surface area contributed by atoms with Crippen molar-refractivity contribution in [3.63, 3.8) is 0 Å². The van der Waals surface area contributed by atoms with Gasteiger partial charge in [-0.25, -0.2) is 4.79 Å². The number of anilines is 1. The third kappa shape index (κ3) is 2.78. The van der Waals surface area contributed by atoms with Crippen molar-refractivity contribution in [1.82, 2.24) is 4.90 Å². The average molecular weight is 309 g/mol. The van der Waals surface area contributed by atoms with Crippen molar-refractivity contribution < 1.29 is 9.21 Å². The Morgan fingerprint density at radius 3 is 2.85 bits per heavy atom. The van der Waals surface area contributed by atoms with Crippen molar-refractivity contribution in [2.45, 2.75) is 5.37 Å². The number of nitrogens with zero attached hydrogens (tertiary/aromatic N) is 1. The highest BCUT2D eigenvalue weighted by Crippen LogP contribution is 2.38. The van der Waals surface area contributed by atoms with Crippen molar-refractivity contribution in [2.24, 2.45) is 0 Å². The lowest BCUT2D eigenvalue weighted by atomic mass is 10.3. The van der Waals surface area contributed by atoms with E-state index in [4.69, 9.17) is 16.0 Å². The number of benzene rings is 1. The normalized spacial score (nSPS) is 18.2. The van der Waals surface area contributed by atoms with E-state index in [0.717, 1.165) is 17.2 Å². The van der Waals surface area contributed by atoms with Gasteiger partial charge in [-0.2, -0.15) is 0 Å². The minimum atomic E-state index is -0.126. The molecule has 2 aromatic rings. The SMILES string of the molecule is O=C(Nc1ccc(Cl)cc1)N1CCS[C@H]1c1ccco1. The van der Waals surface area contributed by atoms with Crippen LogP contribution in [0.5, 0.6) is 0 Å². The lowest BCUT2D eigenvalue weighted by molar-refractivity contribution is 0.210. The Bertz CT molecular complexity index is 586. The Morgan fingerprint density at radius 2 is 2.15 bits per heavy atom. The van der Waals surface area contributed by atoms with E-state index in [1.807, 2.05) is 12.1 Å². The summed E-state index contributed by atoms with van der Waals surface area (Å²) in [6.45, 7) is 0.704. The zero-order valence-electron chi connectivity index (χ0n) is 10.6. The minimum Gasteiger partial charge on any atom is -0.466 e. The number of carbonyl (C=O) groups is 1. The highest BCUT2D eigenvalue weighted by Gasteiger charge is 2.32. The number of rotatable bonds is 2. The maximum Gasteiger partial charge on any atom is 0.323 e. The maximum absolute atomic E-state index is 12.3. The van der Waals surface area contributed by atoms with Crippen molar-refractivity contribution >= 4 is 35.1 Å². The second-order valence-electron chi connectivity index (χ2n) is 4.37. The van der Waals surface area contributed by atoms with Crippen LogP contribution in [0.2, 0.25) is 5.02 Å². The third-order valence-electron chi connectivity index (χ3n) is 3.03. The molecular weight excluding hydrogens is 296 g/mol. The maximum atomic E-state index is 12.3. The van der Waals surface area contributed by atoms with Crippen LogP contribution in [0.15, 0.2) is 47.1 Å². The molecule has 3 rings (SSSR count). The molecule has 20 heavy (non-hydrogen) atoms. The molecule has 1 aliphatic heterocycles. The monoisotopic (exact) mass is 308 g/mol. The molecular formula is C14H13ClN2O2S. The van der Waals surface area contributed by atoms with Gasteiger partial charge in [-0.3, -0.25) is 0 Å². The summed E-state index contributed by atoms with van der Waals surface area (Å²) in [6.07, 6.45) is 1.63. The Kier molecular flexibility index (Phi) is 3.89. The molecule has 1 aliphatic rings. The Labute approximate surface area is 126 Å². The fraction of sp³-hybridized carbons (Fsp3) is 0.214. The van der Waals surface area contributed by atoms with Gasteiger partial charge in [0.05, 0.1) is 6.26 Å². The van der Waals surface area contributed by atoms with Gasteiger partial charge in [0.1, 0.15) is 11.1 Å². The molecule has 1 N–H and O–H groups in total. The number of carbonyl (C=O) groups excluding carboxylic acids is 1. The molecule has 0 saturated carbocycles. The molecule has 1 aromatic heterocycles. The molecule has 1 atom stereocenters. The number of hydrogen-bond acceptors (Lipinski definition) is 3. The lowest BCUT2D eigenvalue weighted by Crippen LogP contribution is -2.34. The van der Waals surface area contributed by atoms with Crippen LogP contribution in [-0.4, -0.2) is 23.2 Å². The number of hydrogen-bond donors (Lipinski definition) is 1. The van der Waals surface area contributed by atoms with E-state index < -0.39 is 0 Å². The zero-order valence-corrected chi connectivity index (χ0v) is 12.2. The largest absolute Gasteiger partial charge is 0.466 e. The van der Waals surface area contributed by atoms with Gasteiger partial charge >= 0.3 is 6.03 Å². The predicted octanol–water partition coefficient (Wildman–Crippen LogP) is 4.21. The van der Waals surface area contributed by atoms with Gasteiger partial charge in [-0.15, -0.1) is 11.8 Å². The van der Waals surface area contributed by atoms with Crippen molar-refractivity contribution in [2.75, 3.05) is 17.6 Å². The number of furan rings is 1. The van der Waals surface area contributed by atoms with E-state index in [9.17, 15) is 4.79 Å². The number of nitrogens with one attached hydrogen (secondary N) is 1. The fourth-order valence-corrected chi connectivity index (χ4v) is 3.40. The van der Waals surface area contributed by atoms with Gasteiger partial charge in [0, 0.05) is 23.0 Å². The Balaban J connectivity index is 1.71. The first-order valence-corrected chi connectivity index (χ1v) is 7.65. The Morgan fingerprint density at radius 1 is 1.35 bits per heavy atom. The molecule has 0 aliphatic carbocycles. The summed E-state index contributed by atoms with van der Waals surface area (Å²) in [5.74, 6) is 1.71. The van der Waals surface area contributed by atoms with Gasteiger partial charge in [-0.05, 0) is 36.4 Å². The van der Waals surface area contributed by atoms with E-state index in [2.05, 4.69) is 5.32 Å². The first kappa shape index (κ1) is 13.4. The predicted molar refractivity (Wildman–Crippen MR) is 81.1 cm³/mol. The summed E-state index contributed by atoms with van der Waals surface area (Å²) in [5.41, 5.74) is 0.731. The van der Waals surface area contributed by atoms with Crippen LogP contribution in [0.4, 0.5) is 10.5 Å². The van der Waals surface area contributed by atoms with Crippen LogP contribution in [0.1, 0.15) is 11.1 Å². The van der Waals surface area contributed by atoms with Crippen LogP contribution >= 0.6 is 23.4 Å². The molecule has 0 bridgehead atoms. The zero-order chi connectivity index (χ0) is 13.9. The van der Waals surface area contributed by atoms with Crippen LogP contribution in [0, 0.1) is 0 Å². The average Bonchev–Trinajstić information content (AvgIpc) is 3.11. The molecule has 2 heterocycles. The second-order valence-corrected chi connectivity index (χ2v) is 5.99. The van der Waals surface area contributed by atoms with Crippen LogP contribution in [0.25, 0.3) is 0 Å². The molecule has 1 fully saturated rings. The summed E-state index contributed by atoms with van der Waals surface area (Å²) in [4.78, 5) is 14.1. The third-order valence-corrected chi connectivity index (χ3v) is 4.51. The summed E-state index contributed by atoms with van der Waals surface area (Å²) < 4.78 is 5.40. The lowest BCUT2D eigenvalue weighted by Gasteiger charge is -2.22. The molecule has 2 amide bonds. The van der Waals surface area contributed by atoms with Gasteiger partial charge in [0.2, 0.25) is 0 Å². The van der Waals surface area contributed by atoms with Crippen LogP contribution in [0.3, 0.4) is 0 Å². The van der Waals surface area contributed by atoms with Gasteiger partial charge in [0.25, 0.3) is 0 Å². The molecule has 6 heteroatoms. The van der Waals surface area contributed by atoms with E-state index in [1.165, 1.54) is 0 Å². The number of urea groups is 1. The van der Waals surface area contributed by atoms with Gasteiger partial charge in [-0.1, -0.05) is 11.6 Å². The molecule has 0 spiro atoms. The van der Waals surface area contributed by atoms with E-state index >= 15 is 0 Å². The van der Waals surface area contributed by atoms with Gasteiger partial charge < -0.3 is 14.6 Å². The molecule has 1 aromatic carbocycles. The van der Waals surface area contributed by atoms with E-state index in [-0.39, 0.29) is 11.4 Å². The summed E-state index contributed by atoms with van der Waals surface area (Å²) in [6, 6.07) is 10.7. The summed E-state index contributed by atoms with van der Waals surface area (Å²) in [7, 11) is 0. The van der Waals surface area contributed by atoms with Crippen LogP contribution in [-0.2, 0) is 0 Å². The molecule has 104 valence electrons. The topological polar surface area (TPSA) is 45.5 Å². The summed E-state index contributed by atoms with van der Waals surface area (Å²) in [5, 5.41) is 3.46. The fourth-order valence-electron chi connectivity index (χ4n) is 2.07. The van der Waals surface area contributed by atoms with E-state index in [1.54, 1.807) is 47.2 Å². The minimum absolute atomic E-state index is 0.0581. The smallest absolute Gasteiger partial charge is 0.323 e. The first-order chi connectivity index (χ1) is 9.74. The van der Waals surface area contributed by atoms with Crippen molar-refractivity contribution in [3.8, 4) is 0 Å². The highest BCUT2D eigenvalue weighted by molar-refractivity contribution is 7.99. The molecule has 4 nitrogen and oxygen atoms in total. The van der Waals surface area contributed by atoms with E-state index in [0.29, 0.717) is 11.6 Å². The highest BCUT2D eigenvalue weighted by atomic mass is 35.5. The molecule has 0 radical (unpaired) electrons. The van der Waals surface area contributed by atoms with Crippen LogP contribution < -0.4 is 5.32 Å². The van der Waals surface area contributed by atoms with Crippen molar-refractivity contribution in [1.29, 1.82) is 0 Å². The number of thioether (sulfide) groups is 1. The first-order valence-electron chi connectivity index (χ1n) is 6.22.